The van der Waals surface area contributed by atoms with Crippen LogP contribution in [-0.4, -0.2) is 52.6 Å². The summed E-state index contributed by atoms with van der Waals surface area (Å²) >= 11 is 0. The topological polar surface area (TPSA) is 91.8 Å². The second-order valence-corrected chi connectivity index (χ2v) is 11.0. The van der Waals surface area contributed by atoms with Crippen LogP contribution in [0.1, 0.15) is 74.6 Å². The number of carbonyl (C=O) groups excluding carboxylic acids is 2. The number of hydrogen-bond donors (Lipinski definition) is 2. The SMILES string of the molecule is O=C(CCCc1cccc(C2(C(=O)O[C@H]3CN4CCC3CC4)CCCCC2)c1)Nc1ccc(CO)nc1. The number of ether oxygens (including phenoxy) is 1. The number of carbonyl (C=O) groups is 2. The molecule has 1 aromatic heterocycles. The monoisotopic (exact) mass is 505 g/mol. The second kappa shape index (κ2) is 11.7. The van der Waals surface area contributed by atoms with E-state index in [9.17, 15) is 9.59 Å². The number of rotatable bonds is 9. The van der Waals surface area contributed by atoms with Gasteiger partial charge >= 0.3 is 5.97 Å². The number of anilines is 1. The number of esters is 1. The number of hydrogen-bond acceptors (Lipinski definition) is 6. The lowest BCUT2D eigenvalue weighted by Gasteiger charge is -2.45. The largest absolute Gasteiger partial charge is 0.460 e. The van der Waals surface area contributed by atoms with Crippen LogP contribution in [0.15, 0.2) is 42.6 Å². The lowest BCUT2D eigenvalue weighted by Crippen LogP contribution is -2.53. The van der Waals surface area contributed by atoms with E-state index < -0.39 is 5.41 Å². The van der Waals surface area contributed by atoms with Crippen LogP contribution in [-0.2, 0) is 32.8 Å². The smallest absolute Gasteiger partial charge is 0.316 e. The number of piperidine rings is 3. The van der Waals surface area contributed by atoms with Gasteiger partial charge in [-0.25, -0.2) is 0 Å². The molecule has 1 aromatic carbocycles. The van der Waals surface area contributed by atoms with Gasteiger partial charge in [-0.2, -0.15) is 0 Å². The van der Waals surface area contributed by atoms with E-state index in [0.29, 0.717) is 30.1 Å². The van der Waals surface area contributed by atoms with Crippen LogP contribution in [0.2, 0.25) is 0 Å². The lowest BCUT2D eigenvalue weighted by atomic mass is 9.69. The van der Waals surface area contributed by atoms with Crippen LogP contribution in [0, 0.1) is 5.92 Å². The first kappa shape index (κ1) is 25.9. The molecule has 2 bridgehead atoms. The second-order valence-electron chi connectivity index (χ2n) is 11.0. The molecule has 4 aliphatic rings. The number of amides is 1. The maximum Gasteiger partial charge on any atom is 0.316 e. The first-order chi connectivity index (χ1) is 18.1. The van der Waals surface area contributed by atoms with E-state index >= 15 is 0 Å². The Morgan fingerprint density at radius 2 is 1.92 bits per heavy atom. The molecule has 1 aliphatic carbocycles. The molecule has 3 aliphatic heterocycles. The molecule has 0 spiro atoms. The van der Waals surface area contributed by atoms with E-state index in [1.54, 1.807) is 18.3 Å². The van der Waals surface area contributed by atoms with Crippen molar-refractivity contribution in [3.05, 3.63) is 59.4 Å². The minimum Gasteiger partial charge on any atom is -0.460 e. The quantitative estimate of drug-likeness (QED) is 0.492. The third kappa shape index (κ3) is 6.04. The Bertz CT molecular complexity index is 1070. The minimum absolute atomic E-state index is 0.0247. The van der Waals surface area contributed by atoms with Crippen molar-refractivity contribution >= 4 is 17.6 Å². The van der Waals surface area contributed by atoms with Crippen molar-refractivity contribution in [1.82, 2.24) is 9.88 Å². The predicted molar refractivity (Wildman–Crippen MR) is 142 cm³/mol. The summed E-state index contributed by atoms with van der Waals surface area (Å²) in [5.41, 5.74) is 2.88. The standard InChI is InChI=1S/C30H39N3O4/c34-21-26-11-10-25(19-31-26)32-28(35)9-5-7-22-6-4-8-24(18-22)30(14-2-1-3-15-30)29(36)37-27-20-33-16-12-23(27)13-17-33/h4,6,8,10-11,18-19,23,27,34H,1-3,5,7,9,12-17,20-21H2,(H,32,35)/t27-/m0/s1. The van der Waals surface area contributed by atoms with Crippen molar-refractivity contribution in [2.75, 3.05) is 25.0 Å². The summed E-state index contributed by atoms with van der Waals surface area (Å²) in [6.45, 7) is 3.04. The molecule has 7 heteroatoms. The summed E-state index contributed by atoms with van der Waals surface area (Å²) in [6, 6.07) is 11.9. The summed E-state index contributed by atoms with van der Waals surface area (Å²) in [7, 11) is 0. The van der Waals surface area contributed by atoms with E-state index in [1.807, 2.05) is 0 Å². The zero-order valence-corrected chi connectivity index (χ0v) is 21.7. The number of fused-ring (bicyclic) bond motifs is 3. The number of nitrogens with one attached hydrogen (secondary N) is 1. The van der Waals surface area contributed by atoms with Gasteiger partial charge < -0.3 is 15.2 Å². The van der Waals surface area contributed by atoms with Crippen molar-refractivity contribution in [2.24, 2.45) is 5.92 Å². The van der Waals surface area contributed by atoms with Crippen molar-refractivity contribution in [3.8, 4) is 0 Å². The zero-order chi connectivity index (χ0) is 25.7. The third-order valence-corrected chi connectivity index (χ3v) is 8.57. The number of aryl methyl sites for hydroxylation is 1. The van der Waals surface area contributed by atoms with Gasteiger partial charge in [0.05, 0.1) is 29.6 Å². The highest BCUT2D eigenvalue weighted by Crippen LogP contribution is 2.42. The van der Waals surface area contributed by atoms with Crippen molar-refractivity contribution in [1.29, 1.82) is 0 Å². The number of nitrogens with zero attached hydrogens (tertiary/aromatic N) is 2. The molecule has 3 saturated heterocycles. The van der Waals surface area contributed by atoms with Crippen molar-refractivity contribution in [3.63, 3.8) is 0 Å². The van der Waals surface area contributed by atoms with Gasteiger partial charge in [0.25, 0.3) is 0 Å². The van der Waals surface area contributed by atoms with Crippen molar-refractivity contribution < 1.29 is 19.4 Å². The van der Waals surface area contributed by atoms with Crippen LogP contribution in [0.25, 0.3) is 0 Å². The van der Waals surface area contributed by atoms with E-state index in [1.165, 1.54) is 6.42 Å². The molecule has 4 fully saturated rings. The van der Waals surface area contributed by atoms with Gasteiger partial charge in [-0.3, -0.25) is 19.5 Å². The fraction of sp³-hybridized carbons (Fsp3) is 0.567. The fourth-order valence-corrected chi connectivity index (χ4v) is 6.35. The van der Waals surface area contributed by atoms with Gasteiger partial charge in [0.2, 0.25) is 5.91 Å². The van der Waals surface area contributed by atoms with Crippen LogP contribution in [0.5, 0.6) is 0 Å². The molecule has 4 heterocycles. The predicted octanol–water partition coefficient (Wildman–Crippen LogP) is 4.37. The van der Waals surface area contributed by atoms with Crippen LogP contribution >= 0.6 is 0 Å². The Hall–Kier alpha value is -2.77. The summed E-state index contributed by atoms with van der Waals surface area (Å²) in [6.07, 6.45) is 10.7. The number of pyridine rings is 1. The molecule has 1 saturated carbocycles. The first-order valence-corrected chi connectivity index (χ1v) is 13.9. The summed E-state index contributed by atoms with van der Waals surface area (Å²) < 4.78 is 6.29. The molecule has 0 unspecified atom stereocenters. The number of aromatic nitrogens is 1. The highest BCUT2D eigenvalue weighted by molar-refractivity contribution is 5.90. The Kier molecular flexibility index (Phi) is 8.20. The van der Waals surface area contributed by atoms with Gasteiger partial charge in [-0.15, -0.1) is 0 Å². The summed E-state index contributed by atoms with van der Waals surface area (Å²) in [4.78, 5) is 32.7. The van der Waals surface area contributed by atoms with Crippen LogP contribution in [0.3, 0.4) is 0 Å². The van der Waals surface area contributed by atoms with Gasteiger partial charge in [-0.05, 0) is 80.8 Å². The molecule has 2 aromatic rings. The number of aliphatic hydroxyl groups is 1. The Morgan fingerprint density at radius 3 is 2.59 bits per heavy atom. The Morgan fingerprint density at radius 1 is 1.11 bits per heavy atom. The Labute approximate surface area is 219 Å². The van der Waals surface area contributed by atoms with Crippen LogP contribution < -0.4 is 5.32 Å². The molecule has 7 nitrogen and oxygen atoms in total. The maximum absolute atomic E-state index is 13.8. The van der Waals surface area contributed by atoms with Gasteiger partial charge in [0.15, 0.2) is 0 Å². The minimum atomic E-state index is -0.550. The highest BCUT2D eigenvalue weighted by atomic mass is 16.5. The number of benzene rings is 1. The van der Waals surface area contributed by atoms with E-state index in [2.05, 4.69) is 39.5 Å². The maximum atomic E-state index is 13.8. The molecule has 37 heavy (non-hydrogen) atoms. The van der Waals surface area contributed by atoms with E-state index in [-0.39, 0.29) is 24.6 Å². The molecule has 1 amide bonds. The average molecular weight is 506 g/mol. The summed E-state index contributed by atoms with van der Waals surface area (Å²) in [5.74, 6) is 0.429. The molecular formula is C30H39N3O4. The highest BCUT2D eigenvalue weighted by Gasteiger charge is 2.45. The molecule has 0 radical (unpaired) electrons. The van der Waals surface area contributed by atoms with Crippen molar-refractivity contribution in [2.45, 2.75) is 82.3 Å². The molecular weight excluding hydrogens is 466 g/mol. The lowest BCUT2D eigenvalue weighted by molar-refractivity contribution is -0.167. The molecule has 198 valence electrons. The normalized spacial score (nSPS) is 24.4. The molecule has 6 rings (SSSR count). The fourth-order valence-electron chi connectivity index (χ4n) is 6.35. The van der Waals surface area contributed by atoms with Gasteiger partial charge in [0.1, 0.15) is 6.10 Å². The Balaban J connectivity index is 1.21. The van der Waals surface area contributed by atoms with E-state index in [4.69, 9.17) is 9.84 Å². The average Bonchev–Trinajstić information content (AvgIpc) is 2.94. The van der Waals surface area contributed by atoms with Gasteiger partial charge in [0, 0.05) is 13.0 Å². The molecule has 1 atom stereocenters. The third-order valence-electron chi connectivity index (χ3n) is 8.57. The number of aliphatic hydroxyl groups excluding tert-OH is 1. The van der Waals surface area contributed by atoms with Crippen LogP contribution in [0.4, 0.5) is 5.69 Å². The molecule has 2 N–H and O–H groups in total. The van der Waals surface area contributed by atoms with E-state index in [0.717, 1.165) is 75.7 Å². The van der Waals surface area contributed by atoms with Gasteiger partial charge in [-0.1, -0.05) is 43.5 Å². The zero-order valence-electron chi connectivity index (χ0n) is 21.7. The summed E-state index contributed by atoms with van der Waals surface area (Å²) in [5, 5.41) is 12.0. The first-order valence-electron chi connectivity index (χ1n) is 13.9.